The number of amides is 1. The zero-order valence-electron chi connectivity index (χ0n) is 17.3. The summed E-state index contributed by atoms with van der Waals surface area (Å²) in [5, 5.41) is 13.1. The van der Waals surface area contributed by atoms with Gasteiger partial charge in [0.1, 0.15) is 11.1 Å². The molecule has 1 N–H and O–H groups in total. The van der Waals surface area contributed by atoms with E-state index in [1.54, 1.807) is 0 Å². The van der Waals surface area contributed by atoms with E-state index in [0.29, 0.717) is 35.4 Å². The molecule has 6 heteroatoms. The Kier molecular flexibility index (Phi) is 6.09. The quantitative estimate of drug-likeness (QED) is 0.726. The average Bonchev–Trinajstić information content (AvgIpc) is 2.65. The van der Waals surface area contributed by atoms with Crippen molar-refractivity contribution >= 4 is 29.1 Å². The van der Waals surface area contributed by atoms with Crippen LogP contribution in [0.5, 0.6) is 0 Å². The van der Waals surface area contributed by atoms with Crippen LogP contribution in [0.3, 0.4) is 0 Å². The first-order valence-corrected chi connectivity index (χ1v) is 10.7. The number of ketones is 1. The highest BCUT2D eigenvalue weighted by atomic mass is 32.2. The van der Waals surface area contributed by atoms with Gasteiger partial charge in [-0.05, 0) is 42.9 Å². The number of pyridine rings is 1. The number of benzene rings is 1. The van der Waals surface area contributed by atoms with Crippen molar-refractivity contribution in [1.82, 2.24) is 4.98 Å². The van der Waals surface area contributed by atoms with Gasteiger partial charge in [-0.2, -0.15) is 5.26 Å². The van der Waals surface area contributed by atoms with Gasteiger partial charge in [0.05, 0.1) is 17.0 Å². The fourth-order valence-electron chi connectivity index (χ4n) is 3.70. The van der Waals surface area contributed by atoms with E-state index in [1.807, 2.05) is 38.1 Å². The van der Waals surface area contributed by atoms with Crippen molar-refractivity contribution in [1.29, 1.82) is 5.26 Å². The Balaban J connectivity index is 1.85. The highest BCUT2D eigenvalue weighted by molar-refractivity contribution is 8.00. The van der Waals surface area contributed by atoms with Crippen molar-refractivity contribution < 1.29 is 9.59 Å². The maximum absolute atomic E-state index is 12.7. The van der Waals surface area contributed by atoms with Gasteiger partial charge in [-0.25, -0.2) is 4.98 Å². The van der Waals surface area contributed by atoms with Crippen LogP contribution in [0.15, 0.2) is 29.3 Å². The van der Waals surface area contributed by atoms with Crippen LogP contribution >= 0.6 is 11.8 Å². The number of aromatic nitrogens is 1. The number of carbonyl (C=O) groups is 2. The van der Waals surface area contributed by atoms with Gasteiger partial charge < -0.3 is 5.32 Å². The molecule has 0 fully saturated rings. The number of hydrogen-bond acceptors (Lipinski definition) is 5. The first-order valence-electron chi connectivity index (χ1n) is 9.72. The second-order valence-electron chi connectivity index (χ2n) is 8.20. The molecule has 0 bridgehead atoms. The summed E-state index contributed by atoms with van der Waals surface area (Å²) >= 11 is 1.25. The van der Waals surface area contributed by atoms with Gasteiger partial charge in [0.15, 0.2) is 5.78 Å². The molecule has 2 aromatic rings. The van der Waals surface area contributed by atoms with Gasteiger partial charge in [-0.1, -0.05) is 50.2 Å². The van der Waals surface area contributed by atoms with E-state index in [9.17, 15) is 14.9 Å². The molecule has 0 atom stereocenters. The number of thioether (sulfide) groups is 1. The first-order chi connectivity index (χ1) is 13.7. The number of carbonyl (C=O) groups excluding carboxylic acids is 2. The topological polar surface area (TPSA) is 82.8 Å². The maximum Gasteiger partial charge on any atom is 0.234 e. The van der Waals surface area contributed by atoms with E-state index < -0.39 is 0 Å². The summed E-state index contributed by atoms with van der Waals surface area (Å²) in [6.07, 6.45) is 1.74. The lowest BCUT2D eigenvalue weighted by molar-refractivity contribution is -0.113. The molecule has 3 rings (SSSR count). The van der Waals surface area contributed by atoms with Crippen LogP contribution in [0.4, 0.5) is 5.69 Å². The molecule has 0 aliphatic heterocycles. The predicted octanol–water partition coefficient (Wildman–Crippen LogP) is 4.71. The number of nitrogens with one attached hydrogen (secondary N) is 1. The summed E-state index contributed by atoms with van der Waals surface area (Å²) in [5.74, 6) is 0.0527. The third-order valence-electron chi connectivity index (χ3n) is 5.05. The number of nitrogens with zero attached hydrogens (tertiary/aromatic N) is 2. The minimum atomic E-state index is -0.156. The monoisotopic (exact) mass is 407 g/mol. The number of fused-ring (bicyclic) bond motifs is 1. The van der Waals surface area contributed by atoms with Crippen LogP contribution in [0.25, 0.3) is 0 Å². The molecule has 0 saturated carbocycles. The minimum absolute atomic E-state index is 0.0609. The number of rotatable bonds is 5. The molecule has 0 spiro atoms. The normalized spacial score (nSPS) is 14.8. The van der Waals surface area contributed by atoms with E-state index >= 15 is 0 Å². The molecule has 1 aromatic carbocycles. The molecule has 0 radical (unpaired) electrons. The second-order valence-corrected chi connectivity index (χ2v) is 9.17. The van der Waals surface area contributed by atoms with Crippen molar-refractivity contribution in [3.05, 3.63) is 52.2 Å². The lowest BCUT2D eigenvalue weighted by Crippen LogP contribution is -2.29. The summed E-state index contributed by atoms with van der Waals surface area (Å²) < 4.78 is 0. The van der Waals surface area contributed by atoms with E-state index in [2.05, 4.69) is 30.2 Å². The van der Waals surface area contributed by atoms with Gasteiger partial charge in [-0.3, -0.25) is 9.59 Å². The highest BCUT2D eigenvalue weighted by Crippen LogP contribution is 2.38. The average molecular weight is 408 g/mol. The van der Waals surface area contributed by atoms with Crippen LogP contribution in [0.1, 0.15) is 59.9 Å². The molecule has 150 valence electrons. The lowest BCUT2D eigenvalue weighted by atomic mass is 9.74. The fraction of sp³-hybridized carbons (Fsp3) is 0.391. The second kappa shape index (κ2) is 8.38. The Labute approximate surface area is 175 Å². The molecule has 1 aliphatic carbocycles. The number of anilines is 1. The van der Waals surface area contributed by atoms with Crippen LogP contribution in [0, 0.1) is 23.7 Å². The molecule has 0 saturated heterocycles. The highest BCUT2D eigenvalue weighted by Gasteiger charge is 2.35. The third-order valence-corrected chi connectivity index (χ3v) is 6.02. The van der Waals surface area contributed by atoms with Gasteiger partial charge >= 0.3 is 0 Å². The summed E-state index contributed by atoms with van der Waals surface area (Å²) in [5.41, 5.74) is 4.27. The number of Topliss-reactive ketones (excluding diaryl/α,β-unsaturated/α-hetero) is 1. The zero-order chi connectivity index (χ0) is 21.2. The van der Waals surface area contributed by atoms with E-state index in [1.165, 1.54) is 11.8 Å². The van der Waals surface area contributed by atoms with E-state index in [-0.39, 0.29) is 22.9 Å². The smallest absolute Gasteiger partial charge is 0.234 e. The summed E-state index contributed by atoms with van der Waals surface area (Å²) in [6, 6.07) is 9.82. The standard InChI is InChI=1S/C23H25N3O2S/c1-5-16-17(12-24)22(26-18-10-23(3,4)11-19(27)21(16)18)29-13-20(28)25-15-8-6-14(2)7-9-15/h6-9H,5,10-11,13H2,1-4H3,(H,25,28). The van der Waals surface area contributed by atoms with E-state index in [0.717, 1.165) is 22.5 Å². The number of hydrogen-bond donors (Lipinski definition) is 1. The van der Waals surface area contributed by atoms with Crippen LogP contribution in [-0.2, 0) is 17.6 Å². The lowest BCUT2D eigenvalue weighted by Gasteiger charge is -2.31. The van der Waals surface area contributed by atoms with Crippen molar-refractivity contribution in [3.63, 3.8) is 0 Å². The minimum Gasteiger partial charge on any atom is -0.325 e. The molecular formula is C23H25N3O2S. The Bertz CT molecular complexity index is 1000. The molecule has 29 heavy (non-hydrogen) atoms. The molecule has 1 amide bonds. The predicted molar refractivity (Wildman–Crippen MR) is 115 cm³/mol. The third kappa shape index (κ3) is 4.68. The Morgan fingerprint density at radius 1 is 1.28 bits per heavy atom. The Morgan fingerprint density at radius 2 is 1.97 bits per heavy atom. The van der Waals surface area contributed by atoms with Crippen LogP contribution in [-0.4, -0.2) is 22.4 Å². The van der Waals surface area contributed by atoms with Gasteiger partial charge in [0.25, 0.3) is 0 Å². The van der Waals surface area contributed by atoms with E-state index in [4.69, 9.17) is 0 Å². The van der Waals surface area contributed by atoms with Gasteiger partial charge in [0.2, 0.25) is 5.91 Å². The summed E-state index contributed by atoms with van der Waals surface area (Å²) in [6.45, 7) is 8.05. The largest absolute Gasteiger partial charge is 0.325 e. The van der Waals surface area contributed by atoms with Crippen molar-refractivity contribution in [2.24, 2.45) is 5.41 Å². The molecule has 1 aliphatic rings. The molecule has 0 unspecified atom stereocenters. The van der Waals surface area contributed by atoms with Crippen molar-refractivity contribution in [2.45, 2.75) is 52.0 Å². The number of aryl methyl sites for hydroxylation is 1. The maximum atomic E-state index is 12.7. The van der Waals surface area contributed by atoms with Crippen LogP contribution < -0.4 is 5.32 Å². The summed E-state index contributed by atoms with van der Waals surface area (Å²) in [7, 11) is 0. The van der Waals surface area contributed by atoms with Crippen LogP contribution in [0.2, 0.25) is 0 Å². The van der Waals surface area contributed by atoms with Gasteiger partial charge in [-0.15, -0.1) is 0 Å². The zero-order valence-corrected chi connectivity index (χ0v) is 18.1. The van der Waals surface area contributed by atoms with Crippen molar-refractivity contribution in [2.75, 3.05) is 11.1 Å². The van der Waals surface area contributed by atoms with Crippen molar-refractivity contribution in [3.8, 4) is 6.07 Å². The van der Waals surface area contributed by atoms with Gasteiger partial charge in [0, 0.05) is 17.7 Å². The molecule has 5 nitrogen and oxygen atoms in total. The SMILES string of the molecule is CCc1c(C#N)c(SCC(=O)Nc2ccc(C)cc2)nc2c1C(=O)CC(C)(C)C2. The Hall–Kier alpha value is -2.65. The molecular weight excluding hydrogens is 382 g/mol. The molecule has 1 aromatic heterocycles. The fourth-order valence-corrected chi connectivity index (χ4v) is 4.53. The summed E-state index contributed by atoms with van der Waals surface area (Å²) in [4.78, 5) is 29.8. The number of nitriles is 1. The first kappa shape index (κ1) is 21.1. The Morgan fingerprint density at radius 3 is 2.59 bits per heavy atom. The molecule has 1 heterocycles.